The van der Waals surface area contributed by atoms with Gasteiger partial charge in [-0.05, 0) is 12.8 Å². The molecule has 0 spiro atoms. The second-order valence-electron chi connectivity index (χ2n) is 2.82. The fraction of sp³-hybridized carbons (Fsp3) is 0.500. The van der Waals surface area contributed by atoms with E-state index < -0.39 is 0 Å². The molecule has 1 heterocycles. The largest absolute Gasteiger partial charge is 0.231 e. The smallest absolute Gasteiger partial charge is 0.194 e. The van der Waals surface area contributed by atoms with Gasteiger partial charge in [0.25, 0.3) is 0 Å². The Labute approximate surface area is 69.5 Å². The van der Waals surface area contributed by atoms with Crippen molar-refractivity contribution in [1.82, 2.24) is 4.98 Å². The summed E-state index contributed by atoms with van der Waals surface area (Å²) in [7, 11) is 0. The second kappa shape index (κ2) is 2.63. The van der Waals surface area contributed by atoms with E-state index in [-0.39, 0.29) is 0 Å². The van der Waals surface area contributed by atoms with Crippen molar-refractivity contribution in [2.75, 3.05) is 0 Å². The highest BCUT2D eigenvalue weighted by atomic mass is 32.1. The minimum atomic E-state index is 0.604. The van der Waals surface area contributed by atoms with Crippen LogP contribution < -0.4 is 0 Å². The molecule has 0 bridgehead atoms. The summed E-state index contributed by atoms with van der Waals surface area (Å²) in [4.78, 5) is 4.21. The molecule has 1 aliphatic carbocycles. The number of thiazole rings is 1. The zero-order valence-corrected chi connectivity index (χ0v) is 6.90. The van der Waals surface area contributed by atoms with Gasteiger partial charge in [-0.15, -0.1) is 11.3 Å². The van der Waals surface area contributed by atoms with Crippen LogP contribution in [-0.2, 0) is 0 Å². The van der Waals surface area contributed by atoms with Crippen LogP contribution in [0.3, 0.4) is 0 Å². The van der Waals surface area contributed by atoms with Crippen LogP contribution >= 0.6 is 11.3 Å². The molecule has 0 atom stereocenters. The third-order valence-corrected chi connectivity index (χ3v) is 2.91. The summed E-state index contributed by atoms with van der Waals surface area (Å²) >= 11 is 1.45. The monoisotopic (exact) mass is 164 g/mol. The van der Waals surface area contributed by atoms with E-state index in [2.05, 4.69) is 11.1 Å². The summed E-state index contributed by atoms with van der Waals surface area (Å²) in [6.07, 6.45) is 3.84. The zero-order chi connectivity index (χ0) is 7.68. The first-order chi connectivity index (χ1) is 5.40. The van der Waals surface area contributed by atoms with Crippen LogP contribution in [0.5, 0.6) is 0 Å². The molecule has 2 nitrogen and oxygen atoms in total. The number of hydrogen-bond donors (Lipinski definition) is 0. The predicted octanol–water partition coefficient (Wildman–Crippen LogP) is 2.28. The average Bonchev–Trinajstić information content (AvgIpc) is 2.32. The number of aromatic nitrogens is 1. The molecule has 0 N–H and O–H groups in total. The second-order valence-corrected chi connectivity index (χ2v) is 3.68. The molecule has 1 fully saturated rings. The Hall–Kier alpha value is -0.880. The molecule has 1 saturated carbocycles. The van der Waals surface area contributed by atoms with E-state index in [1.807, 2.05) is 5.38 Å². The molecule has 1 aliphatic rings. The molecule has 3 heteroatoms. The quantitative estimate of drug-likeness (QED) is 0.638. The molecular weight excluding hydrogens is 156 g/mol. The summed E-state index contributed by atoms with van der Waals surface area (Å²) in [5.74, 6) is 0.661. The average molecular weight is 164 g/mol. The third-order valence-electron chi connectivity index (χ3n) is 2.14. The maximum absolute atomic E-state index is 8.52. The van der Waals surface area contributed by atoms with Gasteiger partial charge in [-0.2, -0.15) is 5.26 Å². The van der Waals surface area contributed by atoms with E-state index in [1.165, 1.54) is 30.6 Å². The van der Waals surface area contributed by atoms with Crippen molar-refractivity contribution in [2.45, 2.75) is 25.2 Å². The number of rotatable bonds is 1. The van der Waals surface area contributed by atoms with E-state index >= 15 is 0 Å². The maximum atomic E-state index is 8.52. The lowest BCUT2D eigenvalue weighted by Gasteiger charge is -2.22. The lowest BCUT2D eigenvalue weighted by molar-refractivity contribution is 0.412. The Balaban J connectivity index is 2.19. The fourth-order valence-corrected chi connectivity index (χ4v) is 1.92. The molecule has 0 unspecified atom stereocenters. The molecule has 56 valence electrons. The maximum Gasteiger partial charge on any atom is 0.194 e. The number of nitriles is 1. The van der Waals surface area contributed by atoms with Crippen LogP contribution in [0.4, 0.5) is 0 Å². The molecule has 0 amide bonds. The van der Waals surface area contributed by atoms with Crippen molar-refractivity contribution in [3.05, 3.63) is 16.1 Å². The highest BCUT2D eigenvalue weighted by Gasteiger charge is 2.21. The van der Waals surface area contributed by atoms with Crippen molar-refractivity contribution in [2.24, 2.45) is 0 Å². The standard InChI is InChI=1S/C8H8N2S/c9-4-8-10-7(5-11-8)6-2-1-3-6/h5-6H,1-3H2. The van der Waals surface area contributed by atoms with Gasteiger partial charge in [0.15, 0.2) is 5.01 Å². The van der Waals surface area contributed by atoms with E-state index in [1.54, 1.807) is 0 Å². The summed E-state index contributed by atoms with van der Waals surface area (Å²) in [6.45, 7) is 0. The topological polar surface area (TPSA) is 36.7 Å². The van der Waals surface area contributed by atoms with Gasteiger partial charge in [0.2, 0.25) is 0 Å². The molecule has 0 radical (unpaired) electrons. The number of hydrogen-bond acceptors (Lipinski definition) is 3. The Kier molecular flexibility index (Phi) is 1.63. The lowest BCUT2D eigenvalue weighted by Crippen LogP contribution is -2.08. The van der Waals surface area contributed by atoms with Crippen LogP contribution in [0.25, 0.3) is 0 Å². The van der Waals surface area contributed by atoms with Crippen molar-refractivity contribution in [1.29, 1.82) is 5.26 Å². The molecular formula is C8H8N2S. The Morgan fingerprint density at radius 3 is 2.91 bits per heavy atom. The first-order valence-electron chi connectivity index (χ1n) is 3.75. The van der Waals surface area contributed by atoms with Gasteiger partial charge < -0.3 is 0 Å². The molecule has 2 rings (SSSR count). The van der Waals surface area contributed by atoms with Gasteiger partial charge in [0.05, 0.1) is 5.69 Å². The normalized spacial score (nSPS) is 17.4. The Bertz CT molecular complexity index is 293. The zero-order valence-electron chi connectivity index (χ0n) is 6.08. The van der Waals surface area contributed by atoms with Gasteiger partial charge in [-0.3, -0.25) is 0 Å². The number of nitrogens with zero attached hydrogens (tertiary/aromatic N) is 2. The lowest BCUT2D eigenvalue weighted by atomic mass is 9.83. The van der Waals surface area contributed by atoms with Crippen LogP contribution in [0, 0.1) is 11.3 Å². The first kappa shape index (κ1) is 6.81. The SMILES string of the molecule is N#Cc1nc(C2CCC2)cs1. The highest BCUT2D eigenvalue weighted by Crippen LogP contribution is 2.36. The van der Waals surface area contributed by atoms with Crippen molar-refractivity contribution >= 4 is 11.3 Å². The van der Waals surface area contributed by atoms with E-state index in [4.69, 9.17) is 5.26 Å². The van der Waals surface area contributed by atoms with Crippen LogP contribution in [0.1, 0.15) is 35.9 Å². The van der Waals surface area contributed by atoms with Gasteiger partial charge in [0, 0.05) is 11.3 Å². The van der Waals surface area contributed by atoms with E-state index in [0.717, 1.165) is 5.69 Å². The highest BCUT2D eigenvalue weighted by molar-refractivity contribution is 7.10. The minimum absolute atomic E-state index is 0.604. The van der Waals surface area contributed by atoms with E-state index in [0.29, 0.717) is 10.9 Å². The molecule has 1 aromatic rings. The third kappa shape index (κ3) is 1.14. The van der Waals surface area contributed by atoms with Gasteiger partial charge >= 0.3 is 0 Å². The van der Waals surface area contributed by atoms with Crippen molar-refractivity contribution < 1.29 is 0 Å². The van der Waals surface area contributed by atoms with Crippen molar-refractivity contribution in [3.63, 3.8) is 0 Å². The van der Waals surface area contributed by atoms with Crippen molar-refractivity contribution in [3.8, 4) is 6.07 Å². The molecule has 11 heavy (non-hydrogen) atoms. The summed E-state index contributed by atoms with van der Waals surface area (Å²) in [5, 5.41) is 11.1. The van der Waals surface area contributed by atoms with Crippen LogP contribution in [0.2, 0.25) is 0 Å². The molecule has 1 aromatic heterocycles. The molecule has 0 saturated heterocycles. The molecule has 0 aliphatic heterocycles. The molecule has 0 aromatic carbocycles. The summed E-state index contributed by atoms with van der Waals surface area (Å²) < 4.78 is 0. The minimum Gasteiger partial charge on any atom is -0.231 e. The van der Waals surface area contributed by atoms with Gasteiger partial charge in [-0.1, -0.05) is 6.42 Å². The Morgan fingerprint density at radius 1 is 1.64 bits per heavy atom. The van der Waals surface area contributed by atoms with E-state index in [9.17, 15) is 0 Å². The Morgan fingerprint density at radius 2 is 2.45 bits per heavy atom. The fourth-order valence-electron chi connectivity index (χ4n) is 1.23. The summed E-state index contributed by atoms with van der Waals surface area (Å²) in [6, 6.07) is 2.06. The van der Waals surface area contributed by atoms with Crippen LogP contribution in [-0.4, -0.2) is 4.98 Å². The predicted molar refractivity (Wildman–Crippen MR) is 43.4 cm³/mol. The van der Waals surface area contributed by atoms with Gasteiger partial charge in [0.1, 0.15) is 6.07 Å². The first-order valence-corrected chi connectivity index (χ1v) is 4.63. The summed E-state index contributed by atoms with van der Waals surface area (Å²) in [5.41, 5.74) is 1.14. The van der Waals surface area contributed by atoms with Gasteiger partial charge in [-0.25, -0.2) is 4.98 Å². The van der Waals surface area contributed by atoms with Crippen LogP contribution in [0.15, 0.2) is 5.38 Å².